The van der Waals surface area contributed by atoms with Crippen molar-refractivity contribution in [1.29, 1.82) is 0 Å². The third-order valence-electron chi connectivity index (χ3n) is 1.99. The number of carbonyl (C=O) groups is 1. The normalized spacial score (nSPS) is 10.4. The highest BCUT2D eigenvalue weighted by molar-refractivity contribution is 5.91. The van der Waals surface area contributed by atoms with Crippen molar-refractivity contribution in [2.45, 2.75) is 39.7 Å². The van der Waals surface area contributed by atoms with E-state index in [-0.39, 0.29) is 0 Å². The van der Waals surface area contributed by atoms with Gasteiger partial charge in [0.2, 0.25) is 0 Å². The number of rotatable bonds is 5. The summed E-state index contributed by atoms with van der Waals surface area (Å²) in [5.41, 5.74) is 6.38. The molecule has 1 rings (SSSR count). The number of carbonyl (C=O) groups excluding carboxylic acids is 1. The second-order valence-corrected chi connectivity index (χ2v) is 3.22. The molecule has 0 saturated heterocycles. The van der Waals surface area contributed by atoms with Gasteiger partial charge in [0.05, 0.1) is 5.69 Å². The van der Waals surface area contributed by atoms with Gasteiger partial charge in [0.25, 0.3) is 5.91 Å². The van der Waals surface area contributed by atoms with Crippen molar-refractivity contribution in [2.75, 3.05) is 0 Å². The molecule has 0 atom stereocenters. The summed E-state index contributed by atoms with van der Waals surface area (Å²) in [5.74, 6) is -0.490. The van der Waals surface area contributed by atoms with Gasteiger partial charge in [0.1, 0.15) is 0 Å². The number of nitrogens with two attached hydrogens (primary N) is 1. The van der Waals surface area contributed by atoms with Crippen LogP contribution in [0.5, 0.6) is 0 Å². The lowest BCUT2D eigenvalue weighted by molar-refractivity contribution is 0.0994. The van der Waals surface area contributed by atoms with Crippen molar-refractivity contribution in [3.8, 4) is 0 Å². The second-order valence-electron chi connectivity index (χ2n) is 3.22. The van der Waals surface area contributed by atoms with Gasteiger partial charge in [-0.05, 0) is 12.8 Å². The predicted octanol–water partition coefficient (Wildman–Crippen LogP) is 0.739. The number of aryl methyl sites for hydroxylation is 1. The van der Waals surface area contributed by atoms with Gasteiger partial charge in [-0.2, -0.15) is 0 Å². The smallest absolute Gasteiger partial charge is 0.271 e. The van der Waals surface area contributed by atoms with Crippen molar-refractivity contribution in [3.05, 3.63) is 11.4 Å². The topological polar surface area (TPSA) is 73.8 Å². The fourth-order valence-electron chi connectivity index (χ4n) is 1.40. The molecule has 0 aliphatic carbocycles. The summed E-state index contributed by atoms with van der Waals surface area (Å²) in [5, 5.41) is 7.70. The first-order valence-corrected chi connectivity index (χ1v) is 4.92. The molecule has 5 nitrogen and oxygen atoms in total. The number of hydrogen-bond acceptors (Lipinski definition) is 3. The zero-order valence-electron chi connectivity index (χ0n) is 8.66. The molecule has 0 unspecified atom stereocenters. The Balaban J connectivity index is 3.00. The van der Waals surface area contributed by atoms with E-state index >= 15 is 0 Å². The monoisotopic (exact) mass is 196 g/mol. The largest absolute Gasteiger partial charge is 0.364 e. The van der Waals surface area contributed by atoms with Gasteiger partial charge in [-0.3, -0.25) is 4.79 Å². The first kappa shape index (κ1) is 10.7. The van der Waals surface area contributed by atoms with Crippen LogP contribution in [0.15, 0.2) is 0 Å². The molecule has 1 amide bonds. The summed E-state index contributed by atoms with van der Waals surface area (Å²) in [4.78, 5) is 11.0. The molecule has 78 valence electrons. The maximum absolute atomic E-state index is 11.0. The van der Waals surface area contributed by atoms with Gasteiger partial charge in [-0.1, -0.05) is 25.5 Å². The number of primary amides is 1. The fourth-order valence-corrected chi connectivity index (χ4v) is 1.40. The third kappa shape index (κ3) is 2.10. The van der Waals surface area contributed by atoms with Crippen molar-refractivity contribution in [1.82, 2.24) is 15.0 Å². The Morgan fingerprint density at radius 2 is 2.14 bits per heavy atom. The molecule has 0 radical (unpaired) electrons. The minimum atomic E-state index is -0.490. The highest BCUT2D eigenvalue weighted by Gasteiger charge is 2.15. The molecule has 0 fully saturated rings. The zero-order chi connectivity index (χ0) is 10.6. The molecule has 1 aromatic rings. The van der Waals surface area contributed by atoms with Gasteiger partial charge in [0, 0.05) is 6.54 Å². The van der Waals surface area contributed by atoms with Crippen LogP contribution in [0.4, 0.5) is 0 Å². The molecule has 1 heterocycles. The molecule has 0 aromatic carbocycles. The standard InChI is InChI=1S/C9H16N4O/c1-3-5-7-8(9(10)14)11-12-13(7)6-4-2/h3-6H2,1-2H3,(H2,10,14). The average Bonchev–Trinajstić information content (AvgIpc) is 2.50. The predicted molar refractivity (Wildman–Crippen MR) is 52.8 cm³/mol. The Bertz CT molecular complexity index is 319. The van der Waals surface area contributed by atoms with E-state index in [9.17, 15) is 4.79 Å². The lowest BCUT2D eigenvalue weighted by atomic mass is 10.2. The second kappa shape index (κ2) is 4.74. The van der Waals surface area contributed by atoms with Gasteiger partial charge >= 0.3 is 0 Å². The van der Waals surface area contributed by atoms with Crippen LogP contribution in [0.1, 0.15) is 42.9 Å². The summed E-state index contributed by atoms with van der Waals surface area (Å²) in [6.07, 6.45) is 2.72. The van der Waals surface area contributed by atoms with E-state index < -0.39 is 5.91 Å². The molecular weight excluding hydrogens is 180 g/mol. The Labute approximate surface area is 83.3 Å². The Hall–Kier alpha value is -1.39. The zero-order valence-corrected chi connectivity index (χ0v) is 8.66. The molecule has 0 aliphatic heterocycles. The van der Waals surface area contributed by atoms with Crippen LogP contribution in [0.2, 0.25) is 0 Å². The molecule has 2 N–H and O–H groups in total. The molecule has 1 aromatic heterocycles. The minimum Gasteiger partial charge on any atom is -0.364 e. The van der Waals surface area contributed by atoms with Gasteiger partial charge in [0.15, 0.2) is 5.69 Å². The summed E-state index contributed by atoms with van der Waals surface area (Å²) in [7, 11) is 0. The number of aromatic nitrogens is 3. The van der Waals surface area contributed by atoms with E-state index in [0.717, 1.165) is 31.5 Å². The first-order chi connectivity index (χ1) is 6.70. The maximum atomic E-state index is 11.0. The van der Waals surface area contributed by atoms with Crippen LogP contribution < -0.4 is 5.73 Å². The number of nitrogens with zero attached hydrogens (tertiary/aromatic N) is 3. The molecule has 0 spiro atoms. The Morgan fingerprint density at radius 1 is 1.43 bits per heavy atom. The lowest BCUT2D eigenvalue weighted by Crippen LogP contribution is -2.15. The van der Waals surface area contributed by atoms with Crippen LogP contribution in [-0.4, -0.2) is 20.9 Å². The van der Waals surface area contributed by atoms with Crippen molar-refractivity contribution in [3.63, 3.8) is 0 Å². The summed E-state index contributed by atoms with van der Waals surface area (Å²) in [6, 6.07) is 0. The lowest BCUT2D eigenvalue weighted by Gasteiger charge is -2.03. The highest BCUT2D eigenvalue weighted by Crippen LogP contribution is 2.08. The molecule has 0 aliphatic rings. The van der Waals surface area contributed by atoms with Crippen molar-refractivity contribution < 1.29 is 4.79 Å². The molecule has 0 saturated carbocycles. The summed E-state index contributed by atoms with van der Waals surface area (Å²) < 4.78 is 1.77. The molecule has 0 bridgehead atoms. The van der Waals surface area contributed by atoms with Crippen LogP contribution >= 0.6 is 0 Å². The van der Waals surface area contributed by atoms with Crippen molar-refractivity contribution >= 4 is 5.91 Å². The average molecular weight is 196 g/mol. The fraction of sp³-hybridized carbons (Fsp3) is 0.667. The van der Waals surface area contributed by atoms with E-state index in [1.165, 1.54) is 0 Å². The Morgan fingerprint density at radius 3 is 2.64 bits per heavy atom. The van der Waals surface area contributed by atoms with E-state index in [4.69, 9.17) is 5.73 Å². The Kier molecular flexibility index (Phi) is 3.62. The van der Waals surface area contributed by atoms with Crippen LogP contribution in [-0.2, 0) is 13.0 Å². The number of amides is 1. The van der Waals surface area contributed by atoms with Crippen LogP contribution in [0.25, 0.3) is 0 Å². The molecule has 5 heteroatoms. The van der Waals surface area contributed by atoms with Crippen molar-refractivity contribution in [2.24, 2.45) is 5.73 Å². The third-order valence-corrected chi connectivity index (χ3v) is 1.99. The van der Waals surface area contributed by atoms with Crippen LogP contribution in [0.3, 0.4) is 0 Å². The van der Waals surface area contributed by atoms with E-state index in [1.54, 1.807) is 4.68 Å². The van der Waals surface area contributed by atoms with E-state index in [2.05, 4.69) is 17.2 Å². The minimum absolute atomic E-state index is 0.320. The highest BCUT2D eigenvalue weighted by atomic mass is 16.1. The molecule has 14 heavy (non-hydrogen) atoms. The van der Waals surface area contributed by atoms with Gasteiger partial charge in [-0.15, -0.1) is 5.10 Å². The SMILES string of the molecule is CCCc1c(C(N)=O)nnn1CCC. The van der Waals surface area contributed by atoms with Gasteiger partial charge < -0.3 is 5.73 Å². The van der Waals surface area contributed by atoms with Crippen LogP contribution in [0, 0.1) is 0 Å². The number of hydrogen-bond donors (Lipinski definition) is 1. The van der Waals surface area contributed by atoms with E-state index in [1.807, 2.05) is 6.92 Å². The quantitative estimate of drug-likeness (QED) is 0.754. The maximum Gasteiger partial charge on any atom is 0.271 e. The summed E-state index contributed by atoms with van der Waals surface area (Å²) >= 11 is 0. The van der Waals surface area contributed by atoms with E-state index in [0.29, 0.717) is 5.69 Å². The molecular formula is C9H16N4O. The van der Waals surface area contributed by atoms with Gasteiger partial charge in [-0.25, -0.2) is 4.68 Å². The first-order valence-electron chi connectivity index (χ1n) is 4.92. The summed E-state index contributed by atoms with van der Waals surface area (Å²) in [6.45, 7) is 4.89.